The van der Waals surface area contributed by atoms with Gasteiger partial charge in [0.2, 0.25) is 4.96 Å². The number of aromatic nitrogens is 4. The van der Waals surface area contributed by atoms with E-state index in [9.17, 15) is 0 Å². The van der Waals surface area contributed by atoms with Crippen LogP contribution in [0.3, 0.4) is 0 Å². The predicted molar refractivity (Wildman–Crippen MR) is 69.6 cm³/mol. The van der Waals surface area contributed by atoms with Crippen molar-refractivity contribution in [3.63, 3.8) is 0 Å². The fourth-order valence-electron chi connectivity index (χ4n) is 3.48. The molecule has 5 nitrogen and oxygen atoms in total. The van der Waals surface area contributed by atoms with Crippen LogP contribution in [0.25, 0.3) is 4.96 Å². The van der Waals surface area contributed by atoms with Gasteiger partial charge in [0.05, 0.1) is 6.04 Å². The molecule has 0 amide bonds. The van der Waals surface area contributed by atoms with Crippen molar-refractivity contribution in [3.05, 3.63) is 10.8 Å². The number of nitrogens with one attached hydrogen (secondary N) is 1. The molecule has 0 spiro atoms. The van der Waals surface area contributed by atoms with Gasteiger partial charge in [0.1, 0.15) is 5.01 Å². The van der Waals surface area contributed by atoms with Crippen LogP contribution in [-0.2, 0) is 6.42 Å². The number of nitrogens with zero attached hydrogens (tertiary/aromatic N) is 4. The SMILES string of the molecule is CCc1nnc2sc(C3NCC4CCCC43)nn12. The lowest BCUT2D eigenvalue weighted by atomic mass is 9.94. The van der Waals surface area contributed by atoms with E-state index in [1.54, 1.807) is 11.3 Å². The number of fused-ring (bicyclic) bond motifs is 2. The molecule has 2 fully saturated rings. The maximum absolute atomic E-state index is 4.73. The van der Waals surface area contributed by atoms with Crippen LogP contribution in [0.4, 0.5) is 0 Å². The van der Waals surface area contributed by atoms with Gasteiger partial charge in [-0.2, -0.15) is 9.61 Å². The first-order valence-corrected chi connectivity index (χ1v) is 7.63. The first-order chi connectivity index (χ1) is 8.86. The standard InChI is InChI=1S/C12H17N5S/c1-2-9-14-15-12-17(9)16-11(18-12)10-8-5-3-4-7(8)6-13-10/h7-8,10,13H,2-6H2,1H3. The summed E-state index contributed by atoms with van der Waals surface area (Å²) in [6.45, 7) is 3.26. The van der Waals surface area contributed by atoms with Crippen molar-refractivity contribution in [1.29, 1.82) is 0 Å². The van der Waals surface area contributed by atoms with E-state index in [1.165, 1.54) is 24.3 Å². The van der Waals surface area contributed by atoms with Gasteiger partial charge in [0, 0.05) is 6.42 Å². The summed E-state index contributed by atoms with van der Waals surface area (Å²) in [5, 5.41) is 17.9. The van der Waals surface area contributed by atoms with Crippen LogP contribution in [-0.4, -0.2) is 26.4 Å². The largest absolute Gasteiger partial charge is 0.307 e. The highest BCUT2D eigenvalue weighted by Gasteiger charge is 2.41. The molecule has 2 aliphatic rings. The zero-order valence-electron chi connectivity index (χ0n) is 10.5. The lowest BCUT2D eigenvalue weighted by Crippen LogP contribution is -2.17. The molecule has 1 aliphatic heterocycles. The molecule has 2 aromatic rings. The van der Waals surface area contributed by atoms with Gasteiger partial charge >= 0.3 is 0 Å². The van der Waals surface area contributed by atoms with Gasteiger partial charge in [0.25, 0.3) is 0 Å². The van der Waals surface area contributed by atoms with Crippen molar-refractivity contribution in [3.8, 4) is 0 Å². The maximum atomic E-state index is 4.73. The van der Waals surface area contributed by atoms with Gasteiger partial charge < -0.3 is 5.32 Å². The fourth-order valence-corrected chi connectivity index (χ4v) is 4.49. The van der Waals surface area contributed by atoms with E-state index in [2.05, 4.69) is 22.4 Å². The second-order valence-electron chi connectivity index (χ2n) is 5.35. The Kier molecular flexibility index (Phi) is 2.41. The highest BCUT2D eigenvalue weighted by Crippen LogP contribution is 2.44. The third kappa shape index (κ3) is 1.45. The summed E-state index contributed by atoms with van der Waals surface area (Å²) in [5.41, 5.74) is 0. The second-order valence-corrected chi connectivity index (χ2v) is 6.33. The molecular formula is C12H17N5S. The highest BCUT2D eigenvalue weighted by atomic mass is 32.1. The molecular weight excluding hydrogens is 246 g/mol. The number of hydrogen-bond donors (Lipinski definition) is 1. The molecule has 1 saturated heterocycles. The molecule has 18 heavy (non-hydrogen) atoms. The highest BCUT2D eigenvalue weighted by molar-refractivity contribution is 7.16. The summed E-state index contributed by atoms with van der Waals surface area (Å²) in [4.78, 5) is 0.935. The number of hydrogen-bond acceptors (Lipinski definition) is 5. The molecule has 2 aromatic heterocycles. The average molecular weight is 263 g/mol. The van der Waals surface area contributed by atoms with Crippen LogP contribution in [0.1, 0.15) is 43.1 Å². The van der Waals surface area contributed by atoms with Crippen molar-refractivity contribution in [2.24, 2.45) is 11.8 Å². The molecule has 3 unspecified atom stereocenters. The van der Waals surface area contributed by atoms with E-state index in [0.29, 0.717) is 6.04 Å². The third-order valence-corrected chi connectivity index (χ3v) is 5.38. The Morgan fingerprint density at radius 1 is 1.39 bits per heavy atom. The van der Waals surface area contributed by atoms with E-state index in [-0.39, 0.29) is 0 Å². The Morgan fingerprint density at radius 2 is 2.33 bits per heavy atom. The summed E-state index contributed by atoms with van der Waals surface area (Å²) in [5.74, 6) is 2.63. The normalized spacial score (nSPS) is 31.3. The van der Waals surface area contributed by atoms with Crippen LogP contribution < -0.4 is 5.32 Å². The first-order valence-electron chi connectivity index (χ1n) is 6.81. The number of rotatable bonds is 2. The Balaban J connectivity index is 1.72. The van der Waals surface area contributed by atoms with Crippen LogP contribution >= 0.6 is 11.3 Å². The van der Waals surface area contributed by atoms with Gasteiger partial charge in [-0.1, -0.05) is 24.7 Å². The Bertz CT molecular complexity index is 574. The predicted octanol–water partition coefficient (Wildman–Crippen LogP) is 1.81. The van der Waals surface area contributed by atoms with Crippen LogP contribution in [0.15, 0.2) is 0 Å². The maximum Gasteiger partial charge on any atom is 0.234 e. The van der Waals surface area contributed by atoms with E-state index < -0.39 is 0 Å². The molecule has 0 aromatic carbocycles. The number of aryl methyl sites for hydroxylation is 1. The summed E-state index contributed by atoms with van der Waals surface area (Å²) in [6.07, 6.45) is 5.01. The average Bonchev–Trinajstić information content (AvgIpc) is 3.07. The van der Waals surface area contributed by atoms with Gasteiger partial charge in [-0.25, -0.2) is 0 Å². The van der Waals surface area contributed by atoms with Crippen LogP contribution in [0, 0.1) is 11.8 Å². The van der Waals surface area contributed by atoms with Crippen molar-refractivity contribution in [1.82, 2.24) is 25.1 Å². The minimum Gasteiger partial charge on any atom is -0.307 e. The zero-order chi connectivity index (χ0) is 12.1. The van der Waals surface area contributed by atoms with E-state index in [1.807, 2.05) is 4.52 Å². The Labute approximate surface area is 110 Å². The monoisotopic (exact) mass is 263 g/mol. The van der Waals surface area contributed by atoms with Gasteiger partial charge in [-0.3, -0.25) is 0 Å². The topological polar surface area (TPSA) is 55.1 Å². The Hall–Kier alpha value is -1.01. The van der Waals surface area contributed by atoms with Crippen LogP contribution in [0.2, 0.25) is 0 Å². The smallest absolute Gasteiger partial charge is 0.234 e. The molecule has 1 aliphatic carbocycles. The van der Waals surface area contributed by atoms with Crippen molar-refractivity contribution in [2.75, 3.05) is 6.54 Å². The molecule has 96 valence electrons. The molecule has 1 saturated carbocycles. The molecule has 6 heteroatoms. The van der Waals surface area contributed by atoms with Crippen molar-refractivity contribution < 1.29 is 0 Å². The molecule has 4 rings (SSSR count). The Morgan fingerprint density at radius 3 is 3.22 bits per heavy atom. The summed E-state index contributed by atoms with van der Waals surface area (Å²) in [7, 11) is 0. The lowest BCUT2D eigenvalue weighted by molar-refractivity contribution is 0.418. The van der Waals surface area contributed by atoms with Crippen molar-refractivity contribution in [2.45, 2.75) is 38.6 Å². The quantitative estimate of drug-likeness (QED) is 0.898. The molecule has 0 bridgehead atoms. The minimum atomic E-state index is 0.453. The molecule has 0 radical (unpaired) electrons. The van der Waals surface area contributed by atoms with Gasteiger partial charge in [0.15, 0.2) is 5.82 Å². The first kappa shape index (κ1) is 10.9. The second kappa shape index (κ2) is 3.99. The van der Waals surface area contributed by atoms with E-state index in [0.717, 1.165) is 35.6 Å². The third-order valence-electron chi connectivity index (χ3n) is 4.40. The van der Waals surface area contributed by atoms with Gasteiger partial charge in [-0.05, 0) is 31.2 Å². The molecule has 3 atom stereocenters. The molecule has 1 N–H and O–H groups in total. The summed E-state index contributed by atoms with van der Waals surface area (Å²) >= 11 is 1.70. The van der Waals surface area contributed by atoms with Gasteiger partial charge in [-0.15, -0.1) is 10.2 Å². The minimum absolute atomic E-state index is 0.453. The van der Waals surface area contributed by atoms with Crippen molar-refractivity contribution >= 4 is 16.3 Å². The van der Waals surface area contributed by atoms with E-state index >= 15 is 0 Å². The lowest BCUT2D eigenvalue weighted by Gasteiger charge is -2.14. The zero-order valence-corrected chi connectivity index (χ0v) is 11.3. The summed E-state index contributed by atoms with van der Waals surface area (Å²) < 4.78 is 1.92. The molecule has 3 heterocycles. The van der Waals surface area contributed by atoms with E-state index in [4.69, 9.17) is 5.10 Å². The fraction of sp³-hybridized carbons (Fsp3) is 0.750. The summed E-state index contributed by atoms with van der Waals surface area (Å²) in [6, 6.07) is 0.453. The van der Waals surface area contributed by atoms with Crippen LogP contribution in [0.5, 0.6) is 0 Å².